The molecule has 0 spiro atoms. The molecule has 2 aromatic heterocycles. The lowest BCUT2D eigenvalue weighted by Gasteiger charge is -2.32. The molecule has 2 amide bonds. The van der Waals surface area contributed by atoms with Crippen LogP contribution in [0, 0.1) is 0 Å². The Balaban J connectivity index is 1.27. The van der Waals surface area contributed by atoms with Crippen LogP contribution in [0.4, 0.5) is 11.4 Å². The zero-order valence-electron chi connectivity index (χ0n) is 23.0. The Morgan fingerprint density at radius 3 is 2.40 bits per heavy atom. The number of amides is 2. The molecule has 12 heteroatoms. The van der Waals surface area contributed by atoms with E-state index < -0.39 is 11.8 Å². The predicted molar refractivity (Wildman–Crippen MR) is 161 cm³/mol. The summed E-state index contributed by atoms with van der Waals surface area (Å²) < 4.78 is 1.66. The second-order valence-corrected chi connectivity index (χ2v) is 10.4. The first kappa shape index (κ1) is 28.9. The first-order valence-electron chi connectivity index (χ1n) is 13.4. The maximum Gasteiger partial charge on any atom is 0.277 e. The Hall–Kier alpha value is -4.58. The number of aromatic hydroxyl groups is 1. The van der Waals surface area contributed by atoms with E-state index in [4.69, 9.17) is 11.6 Å². The monoisotopic (exact) mass is 587 g/mol. The Bertz CT molecular complexity index is 1630. The van der Waals surface area contributed by atoms with E-state index >= 15 is 0 Å². The van der Waals surface area contributed by atoms with Crippen LogP contribution in [0.3, 0.4) is 0 Å². The third-order valence-electron chi connectivity index (χ3n) is 7.08. The third kappa shape index (κ3) is 6.82. The highest BCUT2D eigenvalue weighted by Gasteiger charge is 2.18. The number of carbonyl (C=O) groups excluding carboxylic acids is 2. The number of phenolic OH excluding ortho intramolecular Hbond substituents is 1. The lowest BCUT2D eigenvalue weighted by molar-refractivity contribution is 0.101. The molecule has 0 aliphatic carbocycles. The fourth-order valence-electron chi connectivity index (χ4n) is 4.58. The molecule has 1 aliphatic rings. The number of piperazine rings is 1. The van der Waals surface area contributed by atoms with Gasteiger partial charge in [-0.15, -0.1) is 0 Å². The molecule has 0 radical (unpaired) electrons. The number of likely N-dealkylation sites (N-methyl/N-ethyl adjacent to an activating group) is 1. The van der Waals surface area contributed by atoms with Crippen LogP contribution in [0.2, 0.25) is 5.02 Å². The first-order chi connectivity index (χ1) is 20.3. The summed E-state index contributed by atoms with van der Waals surface area (Å²) in [5.74, 6) is -1.29. The standard InChI is InChI=1S/C30H30ClN7O4/c1-36-13-15-37(16-14-36)17-18-38-12-11-32-26(30(38)42)20-5-7-21(8-6-20)28(40)35-27-23(3-2-4-25(27)39)34-29(41)24-10-9-22(31)19-33-24/h2-12,19,39H,13-18H2,1H3,(H,34,41)(H,35,40). The normalized spacial score (nSPS) is 14.0. The van der Waals surface area contributed by atoms with E-state index in [2.05, 4.69) is 37.4 Å². The summed E-state index contributed by atoms with van der Waals surface area (Å²) in [4.78, 5) is 51.8. The van der Waals surface area contributed by atoms with Crippen molar-refractivity contribution in [1.29, 1.82) is 0 Å². The van der Waals surface area contributed by atoms with Crippen LogP contribution in [-0.4, -0.2) is 81.0 Å². The third-order valence-corrected chi connectivity index (χ3v) is 7.30. The fraction of sp³-hybridized carbons (Fsp3) is 0.233. The van der Waals surface area contributed by atoms with Crippen molar-refractivity contribution in [2.75, 3.05) is 50.4 Å². The summed E-state index contributed by atoms with van der Waals surface area (Å²) in [6, 6.07) is 13.9. The summed E-state index contributed by atoms with van der Waals surface area (Å²) in [6.07, 6.45) is 4.64. The molecule has 11 nitrogen and oxygen atoms in total. The van der Waals surface area contributed by atoms with Gasteiger partial charge in [-0.1, -0.05) is 29.8 Å². The minimum atomic E-state index is -0.540. The van der Waals surface area contributed by atoms with Gasteiger partial charge in [0.2, 0.25) is 0 Å². The van der Waals surface area contributed by atoms with Crippen LogP contribution in [0.5, 0.6) is 5.75 Å². The smallest absolute Gasteiger partial charge is 0.277 e. The molecule has 3 N–H and O–H groups in total. The molecule has 0 saturated carbocycles. The average molecular weight is 588 g/mol. The van der Waals surface area contributed by atoms with Crippen molar-refractivity contribution in [3.63, 3.8) is 0 Å². The summed E-state index contributed by atoms with van der Waals surface area (Å²) >= 11 is 5.84. The summed E-state index contributed by atoms with van der Waals surface area (Å²) in [5.41, 5.74) is 1.29. The van der Waals surface area contributed by atoms with Gasteiger partial charge in [0.1, 0.15) is 22.8 Å². The zero-order chi connectivity index (χ0) is 29.6. The molecular weight excluding hydrogens is 558 g/mol. The largest absolute Gasteiger partial charge is 0.506 e. The zero-order valence-corrected chi connectivity index (χ0v) is 23.7. The van der Waals surface area contributed by atoms with Gasteiger partial charge in [-0.3, -0.25) is 19.3 Å². The lowest BCUT2D eigenvalue weighted by Crippen LogP contribution is -2.45. The molecule has 1 aliphatic heterocycles. The number of para-hydroxylation sites is 1. The number of pyridine rings is 1. The topological polar surface area (TPSA) is 133 Å². The van der Waals surface area contributed by atoms with E-state index in [0.717, 1.165) is 32.7 Å². The minimum absolute atomic E-state index is 0.0295. The predicted octanol–water partition coefficient (Wildman–Crippen LogP) is 3.42. The van der Waals surface area contributed by atoms with Gasteiger partial charge in [0.15, 0.2) is 0 Å². The molecule has 1 saturated heterocycles. The van der Waals surface area contributed by atoms with Gasteiger partial charge in [-0.2, -0.15) is 0 Å². The molecule has 4 aromatic rings. The number of phenols is 1. The van der Waals surface area contributed by atoms with E-state index in [0.29, 0.717) is 22.8 Å². The van der Waals surface area contributed by atoms with E-state index in [1.165, 1.54) is 30.5 Å². The van der Waals surface area contributed by atoms with Crippen molar-refractivity contribution < 1.29 is 14.7 Å². The van der Waals surface area contributed by atoms with Gasteiger partial charge in [-0.25, -0.2) is 9.97 Å². The fourth-order valence-corrected chi connectivity index (χ4v) is 4.69. The van der Waals surface area contributed by atoms with E-state index in [-0.39, 0.29) is 33.9 Å². The lowest BCUT2D eigenvalue weighted by atomic mass is 10.1. The first-order valence-corrected chi connectivity index (χ1v) is 13.8. The van der Waals surface area contributed by atoms with Gasteiger partial charge < -0.3 is 25.2 Å². The number of aromatic nitrogens is 3. The highest BCUT2D eigenvalue weighted by Crippen LogP contribution is 2.32. The van der Waals surface area contributed by atoms with Crippen molar-refractivity contribution in [3.8, 4) is 17.0 Å². The number of nitrogens with one attached hydrogen (secondary N) is 2. The number of halogens is 1. The molecule has 0 atom stereocenters. The van der Waals surface area contributed by atoms with Gasteiger partial charge in [0.05, 0.1) is 10.7 Å². The Morgan fingerprint density at radius 1 is 0.929 bits per heavy atom. The van der Waals surface area contributed by atoms with Crippen LogP contribution in [0.25, 0.3) is 11.3 Å². The van der Waals surface area contributed by atoms with E-state index in [1.54, 1.807) is 47.3 Å². The summed E-state index contributed by atoms with van der Waals surface area (Å²) in [7, 11) is 2.11. The van der Waals surface area contributed by atoms with Crippen molar-refractivity contribution in [1.82, 2.24) is 24.3 Å². The van der Waals surface area contributed by atoms with Crippen LogP contribution >= 0.6 is 11.6 Å². The van der Waals surface area contributed by atoms with Crippen molar-refractivity contribution in [3.05, 3.63) is 99.8 Å². The molecule has 0 unspecified atom stereocenters. The summed E-state index contributed by atoms with van der Waals surface area (Å²) in [6.45, 7) is 5.31. The molecule has 3 heterocycles. The van der Waals surface area contributed by atoms with Crippen molar-refractivity contribution >= 4 is 34.8 Å². The van der Waals surface area contributed by atoms with Gasteiger partial charge >= 0.3 is 0 Å². The number of hydrogen-bond acceptors (Lipinski definition) is 8. The number of rotatable bonds is 8. The Kier molecular flexibility index (Phi) is 8.91. The van der Waals surface area contributed by atoms with Crippen LogP contribution in [0.15, 0.2) is 78.0 Å². The van der Waals surface area contributed by atoms with Crippen LogP contribution in [0.1, 0.15) is 20.8 Å². The highest BCUT2D eigenvalue weighted by atomic mass is 35.5. The molecule has 0 bridgehead atoms. The number of carbonyl (C=O) groups is 2. The average Bonchev–Trinajstić information content (AvgIpc) is 2.99. The quantitative estimate of drug-likeness (QED) is 0.267. The molecule has 42 heavy (non-hydrogen) atoms. The van der Waals surface area contributed by atoms with Crippen LogP contribution in [-0.2, 0) is 6.54 Å². The van der Waals surface area contributed by atoms with E-state index in [9.17, 15) is 19.5 Å². The van der Waals surface area contributed by atoms with Crippen molar-refractivity contribution in [2.45, 2.75) is 6.54 Å². The molecule has 1 fully saturated rings. The van der Waals surface area contributed by atoms with E-state index in [1.807, 2.05) is 0 Å². The van der Waals surface area contributed by atoms with Gasteiger partial charge in [0.25, 0.3) is 17.4 Å². The highest BCUT2D eigenvalue weighted by molar-refractivity contribution is 6.30. The molecule has 216 valence electrons. The number of benzene rings is 2. The second kappa shape index (κ2) is 12.9. The molecular formula is C30H30ClN7O4. The maximum atomic E-state index is 13.2. The maximum absolute atomic E-state index is 13.2. The number of anilines is 2. The summed E-state index contributed by atoms with van der Waals surface area (Å²) in [5, 5.41) is 16.1. The SMILES string of the molecule is CN1CCN(CCn2ccnc(-c3ccc(C(=O)Nc4c(O)cccc4NC(=O)c4ccc(Cl)cn4)cc3)c2=O)CC1. The number of nitrogens with zero attached hydrogens (tertiary/aromatic N) is 5. The molecule has 2 aromatic carbocycles. The van der Waals surface area contributed by atoms with Gasteiger partial charge in [0, 0.05) is 69.0 Å². The van der Waals surface area contributed by atoms with Gasteiger partial charge in [-0.05, 0) is 43.4 Å². The Morgan fingerprint density at radius 2 is 1.69 bits per heavy atom. The molecule has 5 rings (SSSR count). The second-order valence-electron chi connectivity index (χ2n) is 9.97. The van der Waals surface area contributed by atoms with Crippen LogP contribution < -0.4 is 16.2 Å². The number of hydrogen-bond donors (Lipinski definition) is 3. The Labute approximate surface area is 247 Å². The van der Waals surface area contributed by atoms with Crippen molar-refractivity contribution in [2.24, 2.45) is 0 Å². The minimum Gasteiger partial charge on any atom is -0.506 e.